The lowest BCUT2D eigenvalue weighted by Crippen LogP contribution is -2.44. The molecule has 0 aliphatic carbocycles. The van der Waals surface area contributed by atoms with Crippen LogP contribution >= 0.6 is 0 Å². The summed E-state index contributed by atoms with van der Waals surface area (Å²) in [5.74, 6) is -0.521. The lowest BCUT2D eigenvalue weighted by Gasteiger charge is -2.25. The van der Waals surface area contributed by atoms with Crippen LogP contribution in [0, 0.1) is 5.92 Å². The average Bonchev–Trinajstić information content (AvgIpc) is 3.13. The fraction of sp³-hybridized carbons (Fsp3) is 0.440. The highest BCUT2D eigenvalue weighted by molar-refractivity contribution is 5.94. The maximum atomic E-state index is 13.3. The van der Waals surface area contributed by atoms with Crippen LogP contribution in [0.2, 0.25) is 0 Å². The zero-order chi connectivity index (χ0) is 21.2. The van der Waals surface area contributed by atoms with Gasteiger partial charge in [0.05, 0.1) is 25.2 Å². The number of hydrogen-bond donors (Lipinski definition) is 0. The Hall–Kier alpha value is -2.66. The summed E-state index contributed by atoms with van der Waals surface area (Å²) in [6.07, 6.45) is 3.85. The van der Waals surface area contributed by atoms with Gasteiger partial charge < -0.3 is 9.47 Å². The van der Waals surface area contributed by atoms with Crippen LogP contribution in [0.15, 0.2) is 60.7 Å². The van der Waals surface area contributed by atoms with Crippen molar-refractivity contribution < 1.29 is 19.1 Å². The number of nitrogens with zero attached hydrogens (tertiary/aromatic N) is 1. The molecule has 0 saturated carbocycles. The number of benzene rings is 2. The molecule has 1 unspecified atom stereocenters. The maximum absolute atomic E-state index is 13.3. The zero-order valence-electron chi connectivity index (χ0n) is 17.7. The monoisotopic (exact) mass is 409 g/mol. The summed E-state index contributed by atoms with van der Waals surface area (Å²) < 4.78 is 11.1. The second-order valence-electron chi connectivity index (χ2n) is 7.82. The van der Waals surface area contributed by atoms with Gasteiger partial charge in [0.25, 0.3) is 0 Å². The molecule has 2 aromatic rings. The van der Waals surface area contributed by atoms with Crippen molar-refractivity contribution in [3.05, 3.63) is 71.8 Å². The van der Waals surface area contributed by atoms with E-state index in [1.165, 1.54) is 4.90 Å². The van der Waals surface area contributed by atoms with Crippen LogP contribution in [0.4, 0.5) is 4.79 Å². The summed E-state index contributed by atoms with van der Waals surface area (Å²) in [6.45, 7) is 3.14. The first kappa shape index (κ1) is 22.0. The fourth-order valence-electron chi connectivity index (χ4n) is 3.78. The molecule has 1 aliphatic heterocycles. The van der Waals surface area contributed by atoms with Gasteiger partial charge in [-0.25, -0.2) is 9.69 Å². The molecule has 3 rings (SSSR count). The minimum Gasteiger partial charge on any atom is -0.447 e. The summed E-state index contributed by atoms with van der Waals surface area (Å²) >= 11 is 0. The Bertz CT molecular complexity index is 793. The second-order valence-corrected chi connectivity index (χ2v) is 7.82. The lowest BCUT2D eigenvalue weighted by molar-refractivity contribution is -0.136. The molecular weight excluding hydrogens is 378 g/mol. The number of rotatable bonds is 11. The van der Waals surface area contributed by atoms with Crippen molar-refractivity contribution in [3.63, 3.8) is 0 Å². The Morgan fingerprint density at radius 3 is 2.40 bits per heavy atom. The molecule has 160 valence electrons. The normalized spacial score (nSPS) is 17.0. The molecule has 0 bridgehead atoms. The number of carbonyl (C=O) groups excluding carboxylic acids is 2. The highest BCUT2D eigenvalue weighted by Gasteiger charge is 2.40. The van der Waals surface area contributed by atoms with E-state index in [1.807, 2.05) is 60.7 Å². The second kappa shape index (κ2) is 11.5. The van der Waals surface area contributed by atoms with Crippen molar-refractivity contribution in [1.82, 2.24) is 4.90 Å². The van der Waals surface area contributed by atoms with Gasteiger partial charge in [0.15, 0.2) is 0 Å². The van der Waals surface area contributed by atoms with E-state index in [1.54, 1.807) is 0 Å². The molecule has 0 N–H and O–H groups in total. The van der Waals surface area contributed by atoms with Crippen LogP contribution in [0.3, 0.4) is 0 Å². The van der Waals surface area contributed by atoms with Gasteiger partial charge in [0, 0.05) is 0 Å². The maximum Gasteiger partial charge on any atom is 0.416 e. The molecule has 2 amide bonds. The van der Waals surface area contributed by atoms with E-state index >= 15 is 0 Å². The third-order valence-corrected chi connectivity index (χ3v) is 5.45. The smallest absolute Gasteiger partial charge is 0.416 e. The topological polar surface area (TPSA) is 55.8 Å². The summed E-state index contributed by atoms with van der Waals surface area (Å²) in [5.41, 5.74) is 2.15. The van der Waals surface area contributed by atoms with E-state index in [0.29, 0.717) is 26.1 Å². The Morgan fingerprint density at radius 1 is 1.07 bits per heavy atom. The molecule has 0 aromatic heterocycles. The van der Waals surface area contributed by atoms with Crippen LogP contribution in [0.25, 0.3) is 0 Å². The molecule has 5 heteroatoms. The molecule has 1 saturated heterocycles. The number of unbranched alkanes of at least 4 members (excludes halogenated alkanes) is 2. The molecule has 5 nitrogen and oxygen atoms in total. The van der Waals surface area contributed by atoms with E-state index in [-0.39, 0.29) is 24.5 Å². The third kappa shape index (κ3) is 6.17. The van der Waals surface area contributed by atoms with Gasteiger partial charge in [-0.05, 0) is 24.0 Å². The Labute approximate surface area is 179 Å². The molecule has 2 aromatic carbocycles. The van der Waals surface area contributed by atoms with Gasteiger partial charge in [-0.3, -0.25) is 4.79 Å². The van der Waals surface area contributed by atoms with E-state index < -0.39 is 6.09 Å². The van der Waals surface area contributed by atoms with Crippen molar-refractivity contribution >= 4 is 12.0 Å². The lowest BCUT2D eigenvalue weighted by atomic mass is 9.98. The molecule has 1 aliphatic rings. The van der Waals surface area contributed by atoms with Crippen molar-refractivity contribution in [2.45, 2.75) is 51.7 Å². The zero-order valence-corrected chi connectivity index (χ0v) is 17.7. The third-order valence-electron chi connectivity index (χ3n) is 5.45. The summed E-state index contributed by atoms with van der Waals surface area (Å²) in [4.78, 5) is 27.1. The summed E-state index contributed by atoms with van der Waals surface area (Å²) in [7, 11) is 0. The highest BCUT2D eigenvalue weighted by Crippen LogP contribution is 2.23. The Morgan fingerprint density at radius 2 is 1.73 bits per heavy atom. The van der Waals surface area contributed by atoms with Crippen LogP contribution in [0.1, 0.15) is 43.7 Å². The first-order chi connectivity index (χ1) is 14.7. The van der Waals surface area contributed by atoms with Crippen LogP contribution in [0.5, 0.6) is 0 Å². The van der Waals surface area contributed by atoms with Gasteiger partial charge in [0.2, 0.25) is 5.91 Å². The summed E-state index contributed by atoms with van der Waals surface area (Å²) in [5, 5.41) is 0. The molecule has 1 fully saturated rings. The first-order valence-corrected chi connectivity index (χ1v) is 10.8. The summed E-state index contributed by atoms with van der Waals surface area (Å²) in [6, 6.07) is 19.5. The number of imide groups is 1. The number of amides is 2. The number of ether oxygens (including phenoxy) is 2. The molecule has 0 radical (unpaired) electrons. The highest BCUT2D eigenvalue weighted by atomic mass is 16.6. The Kier molecular flexibility index (Phi) is 8.45. The molecule has 30 heavy (non-hydrogen) atoms. The standard InChI is InChI=1S/C25H31NO4/c1-2-3-6-15-22(18-29-17-21-13-9-5-10-14-21)24(27)26-23(19-30-25(26)28)16-20-11-7-4-8-12-20/h4-5,7-14,22-23H,2-3,6,15-19H2,1H3/t22-,23?/m1/s1. The van der Waals surface area contributed by atoms with Crippen LogP contribution < -0.4 is 0 Å². The van der Waals surface area contributed by atoms with E-state index in [4.69, 9.17) is 9.47 Å². The average molecular weight is 410 g/mol. The number of hydrogen-bond acceptors (Lipinski definition) is 4. The van der Waals surface area contributed by atoms with E-state index in [9.17, 15) is 9.59 Å². The van der Waals surface area contributed by atoms with Crippen molar-refractivity contribution in [1.29, 1.82) is 0 Å². The minimum absolute atomic E-state index is 0.178. The first-order valence-electron chi connectivity index (χ1n) is 10.8. The van der Waals surface area contributed by atoms with Crippen LogP contribution in [-0.4, -0.2) is 36.2 Å². The van der Waals surface area contributed by atoms with Crippen molar-refractivity contribution in [3.8, 4) is 0 Å². The SMILES string of the molecule is CCCCC[C@H](COCc1ccccc1)C(=O)N1C(=O)OCC1Cc1ccccc1. The largest absolute Gasteiger partial charge is 0.447 e. The van der Waals surface area contributed by atoms with Crippen molar-refractivity contribution in [2.75, 3.05) is 13.2 Å². The Balaban J connectivity index is 1.65. The number of carbonyl (C=O) groups is 2. The van der Waals surface area contributed by atoms with Gasteiger partial charge in [-0.1, -0.05) is 86.8 Å². The minimum atomic E-state index is -0.538. The predicted molar refractivity (Wildman–Crippen MR) is 116 cm³/mol. The quantitative estimate of drug-likeness (QED) is 0.491. The van der Waals surface area contributed by atoms with Gasteiger partial charge >= 0.3 is 6.09 Å². The van der Waals surface area contributed by atoms with Crippen LogP contribution in [-0.2, 0) is 27.3 Å². The number of cyclic esters (lactones) is 1. The fourth-order valence-corrected chi connectivity index (χ4v) is 3.78. The van der Waals surface area contributed by atoms with Gasteiger partial charge in [0.1, 0.15) is 6.61 Å². The predicted octanol–water partition coefficient (Wildman–Crippen LogP) is 4.99. The molecule has 0 spiro atoms. The van der Waals surface area contributed by atoms with Gasteiger partial charge in [-0.2, -0.15) is 0 Å². The van der Waals surface area contributed by atoms with E-state index in [0.717, 1.165) is 30.4 Å². The molecule has 2 atom stereocenters. The molecular formula is C25H31NO4. The van der Waals surface area contributed by atoms with E-state index in [2.05, 4.69) is 6.92 Å². The molecule has 1 heterocycles. The van der Waals surface area contributed by atoms with Crippen molar-refractivity contribution in [2.24, 2.45) is 5.92 Å². The van der Waals surface area contributed by atoms with Gasteiger partial charge in [-0.15, -0.1) is 0 Å².